The topological polar surface area (TPSA) is 49.3 Å². The Morgan fingerprint density at radius 1 is 1.44 bits per heavy atom. The minimum absolute atomic E-state index is 0.236. The summed E-state index contributed by atoms with van der Waals surface area (Å²) in [6.45, 7) is 0.783. The van der Waals surface area contributed by atoms with E-state index >= 15 is 0 Å². The van der Waals surface area contributed by atoms with Crippen LogP contribution in [-0.4, -0.2) is 17.6 Å². The molecule has 1 rings (SSSR count). The Kier molecular flexibility index (Phi) is 5.90. The van der Waals surface area contributed by atoms with Crippen LogP contribution in [0.5, 0.6) is 0 Å². The van der Waals surface area contributed by atoms with E-state index in [1.165, 1.54) is 0 Å². The lowest BCUT2D eigenvalue weighted by Gasteiger charge is -2.08. The molecule has 0 heterocycles. The van der Waals surface area contributed by atoms with Gasteiger partial charge in [0, 0.05) is 27.2 Å². The summed E-state index contributed by atoms with van der Waals surface area (Å²) in [6, 6.07) is 5.66. The van der Waals surface area contributed by atoms with Crippen molar-refractivity contribution in [3.63, 3.8) is 0 Å². The lowest BCUT2D eigenvalue weighted by molar-refractivity contribution is -0.137. The molecule has 0 unspecified atom stereocenters. The van der Waals surface area contributed by atoms with Crippen molar-refractivity contribution < 1.29 is 9.90 Å². The number of benzene rings is 1. The van der Waals surface area contributed by atoms with Gasteiger partial charge in [0.15, 0.2) is 0 Å². The second-order valence-electron chi connectivity index (χ2n) is 3.40. The first-order valence-corrected chi connectivity index (χ1v) is 6.46. The van der Waals surface area contributed by atoms with Crippen molar-refractivity contribution in [1.29, 1.82) is 0 Å². The Labute approximate surface area is 113 Å². The number of carboxylic acids is 1. The van der Waals surface area contributed by atoms with Gasteiger partial charge in [-0.1, -0.05) is 11.6 Å². The molecule has 0 fully saturated rings. The van der Waals surface area contributed by atoms with Crippen molar-refractivity contribution in [2.75, 3.05) is 11.9 Å². The third kappa shape index (κ3) is 5.03. The first-order chi connectivity index (χ1) is 7.59. The number of hydrogen-bond donors (Lipinski definition) is 2. The number of hydrogen-bond acceptors (Lipinski definition) is 2. The van der Waals surface area contributed by atoms with Crippen LogP contribution in [0.25, 0.3) is 0 Å². The maximum absolute atomic E-state index is 10.3. The number of aliphatic carboxylic acids is 1. The number of halogens is 2. The molecule has 0 aliphatic carbocycles. The van der Waals surface area contributed by atoms with E-state index < -0.39 is 5.97 Å². The molecular weight excluding hydrogens is 340 g/mol. The average Bonchev–Trinajstić information content (AvgIpc) is 2.20. The summed E-state index contributed by atoms with van der Waals surface area (Å²) in [5, 5.41) is 12.4. The summed E-state index contributed by atoms with van der Waals surface area (Å²) < 4.78 is 1.07. The molecule has 88 valence electrons. The van der Waals surface area contributed by atoms with Crippen LogP contribution in [0, 0.1) is 3.57 Å². The van der Waals surface area contributed by atoms with E-state index in [0.717, 1.165) is 27.2 Å². The van der Waals surface area contributed by atoms with Crippen LogP contribution in [0.3, 0.4) is 0 Å². The van der Waals surface area contributed by atoms with Crippen LogP contribution in [0.2, 0.25) is 5.02 Å². The molecule has 0 atom stereocenters. The summed E-state index contributed by atoms with van der Waals surface area (Å²) in [5.41, 5.74) is 1.04. The fourth-order valence-corrected chi connectivity index (χ4v) is 2.32. The quantitative estimate of drug-likeness (QED) is 0.607. The molecular formula is C11H13ClINO2. The van der Waals surface area contributed by atoms with Crippen molar-refractivity contribution >= 4 is 45.8 Å². The molecule has 0 spiro atoms. The number of anilines is 1. The highest BCUT2D eigenvalue weighted by Crippen LogP contribution is 2.22. The molecule has 5 heteroatoms. The zero-order valence-corrected chi connectivity index (χ0v) is 11.6. The number of nitrogens with one attached hydrogen (secondary N) is 1. The van der Waals surface area contributed by atoms with Crippen LogP contribution in [0.15, 0.2) is 18.2 Å². The molecule has 0 saturated carbocycles. The summed E-state index contributed by atoms with van der Waals surface area (Å²) >= 11 is 8.05. The second kappa shape index (κ2) is 6.96. The van der Waals surface area contributed by atoms with Gasteiger partial charge in [-0.2, -0.15) is 0 Å². The summed E-state index contributed by atoms with van der Waals surface area (Å²) in [7, 11) is 0. The molecule has 2 N–H and O–H groups in total. The zero-order chi connectivity index (χ0) is 12.0. The maximum atomic E-state index is 10.3. The van der Waals surface area contributed by atoms with Gasteiger partial charge in [-0.15, -0.1) is 0 Å². The molecule has 0 bridgehead atoms. The smallest absolute Gasteiger partial charge is 0.303 e. The number of carboxylic acid groups (broad SMARTS) is 1. The van der Waals surface area contributed by atoms with E-state index in [9.17, 15) is 4.79 Å². The molecule has 0 saturated heterocycles. The van der Waals surface area contributed by atoms with Crippen molar-refractivity contribution in [1.82, 2.24) is 0 Å². The highest BCUT2D eigenvalue weighted by Gasteiger charge is 2.00. The highest BCUT2D eigenvalue weighted by molar-refractivity contribution is 14.1. The van der Waals surface area contributed by atoms with E-state index in [4.69, 9.17) is 16.7 Å². The van der Waals surface area contributed by atoms with E-state index in [1.54, 1.807) is 0 Å². The first-order valence-electron chi connectivity index (χ1n) is 5.00. The van der Waals surface area contributed by atoms with Crippen molar-refractivity contribution in [2.24, 2.45) is 0 Å². The Morgan fingerprint density at radius 2 is 2.19 bits per heavy atom. The van der Waals surface area contributed by atoms with Gasteiger partial charge >= 0.3 is 5.97 Å². The van der Waals surface area contributed by atoms with Gasteiger partial charge in [-0.25, -0.2) is 0 Å². The lowest BCUT2D eigenvalue weighted by atomic mass is 10.2. The third-order valence-corrected chi connectivity index (χ3v) is 3.19. The molecule has 0 aliphatic rings. The van der Waals surface area contributed by atoms with Gasteiger partial charge in [-0.3, -0.25) is 4.79 Å². The van der Waals surface area contributed by atoms with Crippen LogP contribution in [-0.2, 0) is 4.79 Å². The normalized spacial score (nSPS) is 10.1. The third-order valence-electron chi connectivity index (χ3n) is 2.06. The minimum atomic E-state index is -0.735. The Balaban J connectivity index is 2.29. The van der Waals surface area contributed by atoms with Crippen LogP contribution in [0.1, 0.15) is 19.3 Å². The Bertz CT molecular complexity index is 371. The monoisotopic (exact) mass is 353 g/mol. The van der Waals surface area contributed by atoms with Crippen molar-refractivity contribution in [2.45, 2.75) is 19.3 Å². The fraction of sp³-hybridized carbons (Fsp3) is 0.364. The predicted octanol–water partition coefficient (Wildman–Crippen LogP) is 3.61. The van der Waals surface area contributed by atoms with Gasteiger partial charge in [0.1, 0.15) is 0 Å². The molecule has 0 radical (unpaired) electrons. The maximum Gasteiger partial charge on any atom is 0.303 e. The van der Waals surface area contributed by atoms with E-state index in [2.05, 4.69) is 27.9 Å². The van der Waals surface area contributed by atoms with Gasteiger partial charge in [0.05, 0.1) is 0 Å². The van der Waals surface area contributed by atoms with Gasteiger partial charge in [0.2, 0.25) is 0 Å². The van der Waals surface area contributed by atoms with Crippen molar-refractivity contribution in [3.8, 4) is 0 Å². The molecule has 0 aliphatic heterocycles. The Hall–Kier alpha value is -0.490. The van der Waals surface area contributed by atoms with Gasteiger partial charge < -0.3 is 10.4 Å². The largest absolute Gasteiger partial charge is 0.481 e. The predicted molar refractivity (Wildman–Crippen MR) is 74.1 cm³/mol. The molecule has 3 nitrogen and oxygen atoms in total. The molecule has 16 heavy (non-hydrogen) atoms. The summed E-state index contributed by atoms with van der Waals surface area (Å²) in [4.78, 5) is 10.3. The molecule has 1 aromatic rings. The summed E-state index contributed by atoms with van der Waals surface area (Å²) in [6.07, 6.45) is 1.79. The first kappa shape index (κ1) is 13.6. The number of unbranched alkanes of at least 4 members (excludes halogenated alkanes) is 1. The van der Waals surface area contributed by atoms with Crippen LogP contribution >= 0.6 is 34.2 Å². The van der Waals surface area contributed by atoms with Crippen LogP contribution in [0.4, 0.5) is 5.69 Å². The molecule has 1 aromatic carbocycles. The van der Waals surface area contributed by atoms with E-state index in [1.807, 2.05) is 18.2 Å². The zero-order valence-electron chi connectivity index (χ0n) is 8.67. The average molecular weight is 354 g/mol. The van der Waals surface area contributed by atoms with Crippen LogP contribution < -0.4 is 5.32 Å². The number of rotatable bonds is 6. The molecule has 0 amide bonds. The summed E-state index contributed by atoms with van der Waals surface area (Å²) in [5.74, 6) is -0.735. The Morgan fingerprint density at radius 3 is 2.81 bits per heavy atom. The molecule has 0 aromatic heterocycles. The minimum Gasteiger partial charge on any atom is -0.481 e. The lowest BCUT2D eigenvalue weighted by Crippen LogP contribution is -2.04. The van der Waals surface area contributed by atoms with Gasteiger partial charge in [-0.05, 0) is 53.6 Å². The van der Waals surface area contributed by atoms with Gasteiger partial charge in [0.25, 0.3) is 0 Å². The standard InChI is InChI=1S/C11H13ClINO2/c12-8-4-5-10(9(13)7-8)14-6-2-1-3-11(15)16/h4-5,7,14H,1-3,6H2,(H,15,16). The van der Waals surface area contributed by atoms with E-state index in [0.29, 0.717) is 6.42 Å². The SMILES string of the molecule is O=C(O)CCCCNc1ccc(Cl)cc1I. The highest BCUT2D eigenvalue weighted by atomic mass is 127. The fourth-order valence-electron chi connectivity index (χ4n) is 1.26. The van der Waals surface area contributed by atoms with Crippen molar-refractivity contribution in [3.05, 3.63) is 26.8 Å². The number of carbonyl (C=O) groups is 1. The van der Waals surface area contributed by atoms with E-state index in [-0.39, 0.29) is 6.42 Å². The second-order valence-corrected chi connectivity index (χ2v) is 5.00.